The maximum Gasteiger partial charge on any atom is 0.285 e. The van der Waals surface area contributed by atoms with Crippen molar-refractivity contribution in [2.75, 3.05) is 31.1 Å². The minimum Gasteiger partial charge on any atom is -0.368 e. The Morgan fingerprint density at radius 1 is 0.821 bits per heavy atom. The number of halogens is 2. The molecular weight excluding hydrogens is 384 g/mol. The standard InChI is InChI=1S/C20H19F2N3O2S/c1-14-19(15-2-4-16(21)5-3-15)28(26,27)23-20(14)25-12-10-24(11-13-25)18-8-6-17(22)7-9-18/h2-9H,10-13H2,1H3. The predicted molar refractivity (Wildman–Crippen MR) is 106 cm³/mol. The Bertz CT molecular complexity index is 1050. The van der Waals surface area contributed by atoms with E-state index in [1.807, 2.05) is 4.90 Å². The van der Waals surface area contributed by atoms with Crippen molar-refractivity contribution >= 4 is 26.5 Å². The van der Waals surface area contributed by atoms with Crippen LogP contribution in [0.4, 0.5) is 14.5 Å². The van der Waals surface area contributed by atoms with Gasteiger partial charge in [-0.25, -0.2) is 8.78 Å². The molecule has 2 aliphatic heterocycles. The molecule has 0 atom stereocenters. The van der Waals surface area contributed by atoms with Gasteiger partial charge in [0.1, 0.15) is 22.4 Å². The average molecular weight is 403 g/mol. The van der Waals surface area contributed by atoms with Crippen LogP contribution in [0.25, 0.3) is 4.91 Å². The average Bonchev–Trinajstić information content (AvgIpc) is 2.92. The largest absolute Gasteiger partial charge is 0.368 e. The van der Waals surface area contributed by atoms with Gasteiger partial charge in [-0.15, -0.1) is 4.40 Å². The molecule has 1 saturated heterocycles. The molecule has 2 aromatic carbocycles. The molecular formula is C20H19F2N3O2S. The van der Waals surface area contributed by atoms with Gasteiger partial charge in [0.05, 0.1) is 0 Å². The van der Waals surface area contributed by atoms with Crippen molar-refractivity contribution in [3.05, 3.63) is 71.3 Å². The van der Waals surface area contributed by atoms with E-state index in [0.717, 1.165) is 5.69 Å². The Kier molecular flexibility index (Phi) is 4.66. The third-order valence-electron chi connectivity index (χ3n) is 5.02. The van der Waals surface area contributed by atoms with E-state index in [1.54, 1.807) is 19.1 Å². The van der Waals surface area contributed by atoms with E-state index in [4.69, 9.17) is 0 Å². The summed E-state index contributed by atoms with van der Waals surface area (Å²) in [5.74, 6) is -0.254. The molecule has 28 heavy (non-hydrogen) atoms. The minimum absolute atomic E-state index is 0.128. The van der Waals surface area contributed by atoms with E-state index in [1.165, 1.54) is 36.4 Å². The van der Waals surface area contributed by atoms with Crippen molar-refractivity contribution in [3.63, 3.8) is 0 Å². The Labute approximate surface area is 162 Å². The van der Waals surface area contributed by atoms with Crippen LogP contribution in [0.3, 0.4) is 0 Å². The molecule has 2 heterocycles. The highest BCUT2D eigenvalue weighted by molar-refractivity contribution is 8.00. The molecule has 0 unspecified atom stereocenters. The summed E-state index contributed by atoms with van der Waals surface area (Å²) in [6.07, 6.45) is 0. The number of piperazine rings is 1. The number of rotatable bonds is 2. The van der Waals surface area contributed by atoms with Crippen LogP contribution in [0.5, 0.6) is 0 Å². The summed E-state index contributed by atoms with van der Waals surface area (Å²) in [5, 5.41) is 0. The molecule has 0 N–H and O–H groups in total. The van der Waals surface area contributed by atoms with Crippen molar-refractivity contribution in [2.45, 2.75) is 6.92 Å². The quantitative estimate of drug-likeness (QED) is 0.773. The van der Waals surface area contributed by atoms with Gasteiger partial charge in [-0.2, -0.15) is 8.42 Å². The summed E-state index contributed by atoms with van der Waals surface area (Å²) >= 11 is 0. The number of anilines is 1. The molecule has 1 fully saturated rings. The smallest absolute Gasteiger partial charge is 0.285 e. The second-order valence-corrected chi connectivity index (χ2v) is 8.34. The first-order valence-corrected chi connectivity index (χ1v) is 10.4. The summed E-state index contributed by atoms with van der Waals surface area (Å²) in [7, 11) is -3.82. The topological polar surface area (TPSA) is 53.0 Å². The molecule has 8 heteroatoms. The van der Waals surface area contributed by atoms with Gasteiger partial charge >= 0.3 is 0 Å². The highest BCUT2D eigenvalue weighted by Crippen LogP contribution is 2.34. The maximum absolute atomic E-state index is 13.2. The first kappa shape index (κ1) is 18.6. The number of nitrogens with zero attached hydrogens (tertiary/aromatic N) is 3. The summed E-state index contributed by atoms with van der Waals surface area (Å²) in [4.78, 5) is 4.20. The van der Waals surface area contributed by atoms with Gasteiger partial charge in [0.15, 0.2) is 0 Å². The third-order valence-corrected chi connectivity index (χ3v) is 6.49. The molecule has 0 amide bonds. The fourth-order valence-electron chi connectivity index (χ4n) is 3.61. The molecule has 2 aromatic rings. The van der Waals surface area contributed by atoms with Crippen LogP contribution in [0.2, 0.25) is 0 Å². The van der Waals surface area contributed by atoms with E-state index >= 15 is 0 Å². The highest BCUT2D eigenvalue weighted by atomic mass is 32.2. The monoisotopic (exact) mass is 403 g/mol. The lowest BCUT2D eigenvalue weighted by atomic mass is 10.1. The predicted octanol–water partition coefficient (Wildman–Crippen LogP) is 3.26. The molecule has 146 valence electrons. The number of hydrogen-bond acceptors (Lipinski definition) is 4. The van der Waals surface area contributed by atoms with Gasteiger partial charge in [-0.1, -0.05) is 12.1 Å². The number of sulfonamides is 1. The fourth-order valence-corrected chi connectivity index (χ4v) is 5.10. The molecule has 0 radical (unpaired) electrons. The summed E-state index contributed by atoms with van der Waals surface area (Å²) < 4.78 is 55.5. The molecule has 5 nitrogen and oxygen atoms in total. The lowest BCUT2D eigenvalue weighted by Crippen LogP contribution is -2.48. The van der Waals surface area contributed by atoms with Crippen LogP contribution >= 0.6 is 0 Å². The Balaban J connectivity index is 1.55. The van der Waals surface area contributed by atoms with E-state index in [-0.39, 0.29) is 10.7 Å². The van der Waals surface area contributed by atoms with Crippen LogP contribution in [-0.2, 0) is 10.0 Å². The van der Waals surface area contributed by atoms with Gasteiger partial charge < -0.3 is 9.80 Å². The zero-order valence-electron chi connectivity index (χ0n) is 15.3. The molecule has 0 aromatic heterocycles. The Morgan fingerprint density at radius 2 is 1.32 bits per heavy atom. The SMILES string of the molecule is CC1=C(c2ccc(F)cc2)S(=O)(=O)N=C1N1CCN(c2ccc(F)cc2)CC1. The van der Waals surface area contributed by atoms with E-state index in [0.29, 0.717) is 43.2 Å². The van der Waals surface area contributed by atoms with Crippen LogP contribution in [-0.4, -0.2) is 45.3 Å². The molecule has 0 saturated carbocycles. The Morgan fingerprint density at radius 3 is 1.89 bits per heavy atom. The lowest BCUT2D eigenvalue weighted by molar-refractivity contribution is 0.386. The third kappa shape index (κ3) is 3.40. The van der Waals surface area contributed by atoms with Crippen LogP contribution in [0, 0.1) is 11.6 Å². The molecule has 0 spiro atoms. The van der Waals surface area contributed by atoms with E-state index < -0.39 is 15.8 Å². The fraction of sp³-hybridized carbons (Fsp3) is 0.250. The van der Waals surface area contributed by atoms with Crippen LogP contribution in [0.15, 0.2) is 58.5 Å². The second-order valence-electron chi connectivity index (χ2n) is 6.80. The lowest BCUT2D eigenvalue weighted by Gasteiger charge is -2.37. The van der Waals surface area contributed by atoms with E-state index in [9.17, 15) is 17.2 Å². The zero-order chi connectivity index (χ0) is 19.9. The second kappa shape index (κ2) is 7.01. The molecule has 0 aliphatic carbocycles. The summed E-state index contributed by atoms with van der Waals surface area (Å²) in [5.41, 5.74) is 1.94. The normalized spacial score (nSPS) is 19.2. The van der Waals surface area contributed by atoms with Gasteiger partial charge in [0, 0.05) is 37.4 Å². The van der Waals surface area contributed by atoms with Crippen LogP contribution in [0.1, 0.15) is 12.5 Å². The van der Waals surface area contributed by atoms with E-state index in [2.05, 4.69) is 9.30 Å². The number of benzene rings is 2. The van der Waals surface area contributed by atoms with Crippen molar-refractivity contribution in [1.29, 1.82) is 0 Å². The zero-order valence-corrected chi connectivity index (χ0v) is 16.1. The number of hydrogen-bond donors (Lipinski definition) is 0. The van der Waals surface area contributed by atoms with Crippen molar-refractivity contribution in [2.24, 2.45) is 4.40 Å². The maximum atomic E-state index is 13.2. The molecule has 4 rings (SSSR count). The van der Waals surface area contributed by atoms with Crippen molar-refractivity contribution in [3.8, 4) is 0 Å². The molecule has 0 bridgehead atoms. The summed E-state index contributed by atoms with van der Waals surface area (Å²) in [6.45, 7) is 4.27. The van der Waals surface area contributed by atoms with Gasteiger partial charge in [-0.3, -0.25) is 0 Å². The first-order chi connectivity index (χ1) is 13.3. The van der Waals surface area contributed by atoms with Crippen LogP contribution < -0.4 is 4.90 Å². The minimum atomic E-state index is -3.82. The molecule has 2 aliphatic rings. The van der Waals surface area contributed by atoms with Gasteiger partial charge in [0.25, 0.3) is 10.0 Å². The van der Waals surface area contributed by atoms with Crippen molar-refractivity contribution < 1.29 is 17.2 Å². The van der Waals surface area contributed by atoms with Crippen molar-refractivity contribution in [1.82, 2.24) is 4.90 Å². The summed E-state index contributed by atoms with van der Waals surface area (Å²) in [6, 6.07) is 11.7. The van der Waals surface area contributed by atoms with Gasteiger partial charge in [0.2, 0.25) is 0 Å². The van der Waals surface area contributed by atoms with Gasteiger partial charge in [-0.05, 0) is 48.9 Å². The number of amidine groups is 1. The Hall–Kier alpha value is -2.74. The first-order valence-electron chi connectivity index (χ1n) is 8.93. The highest BCUT2D eigenvalue weighted by Gasteiger charge is 2.34.